The summed E-state index contributed by atoms with van der Waals surface area (Å²) in [4.78, 5) is 60.3. The van der Waals surface area contributed by atoms with Gasteiger partial charge in [-0.05, 0) is 106 Å². The molecule has 2 aromatic rings. The number of fused-ring (bicyclic) bond motifs is 1. The Hall–Kier alpha value is -4.24. The number of likely N-dealkylation sites (tertiary alicyclic amines) is 3. The molecule has 4 heterocycles. The van der Waals surface area contributed by atoms with Crippen molar-refractivity contribution >= 4 is 41.3 Å². The SMILES string of the molecule is CCCCCCOC(=O)CN1CCC(C2CCN(C(=O)[C@@H](Cc3cc(Cl)c(O)c(C(F)(F)F)c3)OC(=O)N3CCC(N4CCc5ccccc5NC4=O)CC3)CC2)CC1. The lowest BCUT2D eigenvalue weighted by Gasteiger charge is -2.41. The molecule has 0 unspecified atom stereocenters. The van der Waals surface area contributed by atoms with Crippen molar-refractivity contribution in [2.24, 2.45) is 11.8 Å². The van der Waals surface area contributed by atoms with E-state index in [0.29, 0.717) is 57.3 Å². The first-order valence-corrected chi connectivity index (χ1v) is 21.5. The molecule has 4 amide bonds. The van der Waals surface area contributed by atoms with E-state index in [4.69, 9.17) is 21.1 Å². The Kier molecular flexibility index (Phi) is 15.3. The third-order valence-corrected chi connectivity index (χ3v) is 12.7. The molecule has 0 saturated carbocycles. The molecule has 12 nitrogen and oxygen atoms in total. The number of aromatic hydroxyl groups is 1. The number of phenolic OH excluding ortho intramolecular Hbond substituents is 1. The highest BCUT2D eigenvalue weighted by Gasteiger charge is 2.39. The fraction of sp³-hybridized carbons (Fsp3) is 0.628. The topological polar surface area (TPSA) is 132 Å². The summed E-state index contributed by atoms with van der Waals surface area (Å²) in [6.45, 7) is 6.31. The van der Waals surface area contributed by atoms with E-state index in [1.54, 1.807) is 9.80 Å². The highest BCUT2D eigenvalue weighted by atomic mass is 35.5. The molecule has 0 radical (unpaired) electrons. The molecule has 16 heteroatoms. The minimum atomic E-state index is -4.91. The van der Waals surface area contributed by atoms with Gasteiger partial charge in [0.1, 0.15) is 5.75 Å². The number of anilines is 1. The molecule has 2 aromatic carbocycles. The van der Waals surface area contributed by atoms with Crippen molar-refractivity contribution in [1.29, 1.82) is 0 Å². The summed E-state index contributed by atoms with van der Waals surface area (Å²) in [6.07, 6.45) is 1.66. The summed E-state index contributed by atoms with van der Waals surface area (Å²) < 4.78 is 52.8. The standard InChI is InChI=1S/C43H57ClF3N5O7/c1-2-3-4-7-24-58-38(53)28-49-17-10-30(11-18-49)31-12-19-50(20-13-31)40(55)37(27-29-25-34(43(45,46)47)39(54)35(44)26-29)59-42(57)51-21-15-33(16-22-51)52-23-14-32-8-5-6-9-36(32)48-41(52)56/h5-6,8-9,25-26,30-31,33,37,54H,2-4,7,10-24,27-28H2,1H3,(H,48,56)/t37-/m1/s1. The number of nitrogens with zero attached hydrogens (tertiary/aromatic N) is 4. The molecule has 4 aliphatic heterocycles. The number of para-hydroxylation sites is 1. The highest BCUT2D eigenvalue weighted by molar-refractivity contribution is 6.32. The van der Waals surface area contributed by atoms with Gasteiger partial charge in [-0.25, -0.2) is 9.59 Å². The van der Waals surface area contributed by atoms with E-state index in [0.717, 1.165) is 87.8 Å². The molecule has 3 saturated heterocycles. The first-order valence-electron chi connectivity index (χ1n) is 21.2. The second-order valence-corrected chi connectivity index (χ2v) is 16.8. The third-order valence-electron chi connectivity index (χ3n) is 12.4. The number of piperidine rings is 3. The molecule has 324 valence electrons. The fourth-order valence-electron chi connectivity index (χ4n) is 9.00. The van der Waals surface area contributed by atoms with Crippen LogP contribution < -0.4 is 5.32 Å². The molecule has 0 bridgehead atoms. The lowest BCUT2D eigenvalue weighted by molar-refractivity contribution is -0.145. The second kappa shape index (κ2) is 20.3. The largest absolute Gasteiger partial charge is 0.506 e. The molecule has 59 heavy (non-hydrogen) atoms. The molecule has 0 aromatic heterocycles. The maximum Gasteiger partial charge on any atom is 0.420 e. The zero-order valence-electron chi connectivity index (χ0n) is 33.8. The zero-order valence-corrected chi connectivity index (χ0v) is 34.6. The molecular formula is C43H57ClF3N5O7. The molecule has 3 fully saturated rings. The number of carbonyl (C=O) groups is 4. The average molecular weight is 848 g/mol. The number of esters is 1. The van der Waals surface area contributed by atoms with Crippen LogP contribution in [0.4, 0.5) is 28.4 Å². The van der Waals surface area contributed by atoms with Crippen LogP contribution in [0.25, 0.3) is 0 Å². The molecule has 6 rings (SSSR count). The van der Waals surface area contributed by atoms with Gasteiger partial charge >= 0.3 is 24.3 Å². The van der Waals surface area contributed by atoms with Crippen LogP contribution in [0.1, 0.15) is 87.8 Å². The quantitative estimate of drug-likeness (QED) is 0.155. The normalized spacial score (nSPS) is 19.5. The van der Waals surface area contributed by atoms with Gasteiger partial charge in [0.15, 0.2) is 6.10 Å². The Balaban J connectivity index is 1.04. The maximum atomic E-state index is 14.2. The highest BCUT2D eigenvalue weighted by Crippen LogP contribution is 2.41. The number of nitrogens with one attached hydrogen (secondary N) is 1. The van der Waals surface area contributed by atoms with E-state index in [1.165, 1.54) is 4.90 Å². The number of amides is 4. The fourth-order valence-corrected chi connectivity index (χ4v) is 9.24. The van der Waals surface area contributed by atoms with Crippen molar-refractivity contribution in [3.8, 4) is 5.75 Å². The van der Waals surface area contributed by atoms with Crippen LogP contribution in [0.3, 0.4) is 0 Å². The van der Waals surface area contributed by atoms with Crippen molar-refractivity contribution in [1.82, 2.24) is 19.6 Å². The van der Waals surface area contributed by atoms with E-state index in [-0.39, 0.29) is 49.7 Å². The van der Waals surface area contributed by atoms with Gasteiger partial charge in [-0.2, -0.15) is 13.2 Å². The van der Waals surface area contributed by atoms with E-state index in [9.17, 15) is 37.5 Å². The minimum Gasteiger partial charge on any atom is -0.506 e. The maximum absolute atomic E-state index is 14.2. The number of urea groups is 1. The van der Waals surface area contributed by atoms with Gasteiger partial charge in [0.2, 0.25) is 0 Å². The van der Waals surface area contributed by atoms with E-state index >= 15 is 0 Å². The number of carbonyl (C=O) groups excluding carboxylic acids is 4. The molecule has 0 spiro atoms. The van der Waals surface area contributed by atoms with Crippen molar-refractivity contribution in [2.75, 3.05) is 64.3 Å². The Morgan fingerprint density at radius 1 is 0.898 bits per heavy atom. The van der Waals surface area contributed by atoms with Crippen LogP contribution in [-0.4, -0.2) is 120 Å². The number of hydrogen-bond acceptors (Lipinski definition) is 8. The zero-order chi connectivity index (χ0) is 42.1. The predicted molar refractivity (Wildman–Crippen MR) is 216 cm³/mol. The van der Waals surface area contributed by atoms with Crippen LogP contribution in [0.15, 0.2) is 36.4 Å². The van der Waals surface area contributed by atoms with Crippen LogP contribution >= 0.6 is 11.6 Å². The summed E-state index contributed by atoms with van der Waals surface area (Å²) in [6, 6.07) is 9.22. The van der Waals surface area contributed by atoms with Gasteiger partial charge in [-0.15, -0.1) is 0 Å². The van der Waals surface area contributed by atoms with E-state index in [2.05, 4.69) is 17.1 Å². The average Bonchev–Trinajstić information content (AvgIpc) is 3.39. The number of benzene rings is 2. The van der Waals surface area contributed by atoms with Crippen molar-refractivity contribution in [3.05, 3.63) is 58.1 Å². The summed E-state index contributed by atoms with van der Waals surface area (Å²) in [5.41, 5.74) is 0.472. The van der Waals surface area contributed by atoms with Crippen LogP contribution in [0.2, 0.25) is 5.02 Å². The van der Waals surface area contributed by atoms with Gasteiger partial charge in [-0.3, -0.25) is 14.5 Å². The summed E-state index contributed by atoms with van der Waals surface area (Å²) in [5.74, 6) is -1.02. The number of unbranched alkanes of at least 4 members (excludes halogenated alkanes) is 3. The Bertz CT molecular complexity index is 1780. The first kappa shape index (κ1) is 44.3. The number of halogens is 4. The molecule has 2 N–H and O–H groups in total. The van der Waals surface area contributed by atoms with E-state index in [1.807, 2.05) is 24.3 Å². The summed E-state index contributed by atoms with van der Waals surface area (Å²) in [5, 5.41) is 12.5. The molecule has 1 atom stereocenters. The van der Waals surface area contributed by atoms with Gasteiger partial charge < -0.3 is 34.6 Å². The van der Waals surface area contributed by atoms with Crippen LogP contribution in [0, 0.1) is 11.8 Å². The first-order chi connectivity index (χ1) is 28.3. The van der Waals surface area contributed by atoms with Gasteiger partial charge in [0, 0.05) is 50.9 Å². The van der Waals surface area contributed by atoms with E-state index < -0.39 is 40.6 Å². The molecular weight excluding hydrogens is 791 g/mol. The second-order valence-electron chi connectivity index (χ2n) is 16.4. The number of hydrogen-bond donors (Lipinski definition) is 2. The Morgan fingerprint density at radius 3 is 2.24 bits per heavy atom. The number of phenols is 1. The Labute approximate surface area is 349 Å². The van der Waals surface area contributed by atoms with Gasteiger partial charge in [0.25, 0.3) is 5.91 Å². The van der Waals surface area contributed by atoms with Gasteiger partial charge in [0.05, 0.1) is 23.7 Å². The minimum absolute atomic E-state index is 0.0137. The van der Waals surface area contributed by atoms with Crippen molar-refractivity contribution < 1.29 is 46.9 Å². The predicted octanol–water partition coefficient (Wildman–Crippen LogP) is 7.74. The third kappa shape index (κ3) is 11.7. The lowest BCUT2D eigenvalue weighted by Crippen LogP contribution is -2.52. The number of alkyl halides is 3. The number of rotatable bonds is 13. The number of ether oxygens (including phenoxy) is 2. The monoisotopic (exact) mass is 847 g/mol. The van der Waals surface area contributed by atoms with Crippen LogP contribution in [-0.2, 0) is 38.1 Å². The molecule has 4 aliphatic rings. The Morgan fingerprint density at radius 2 is 1.56 bits per heavy atom. The van der Waals surface area contributed by atoms with Crippen molar-refractivity contribution in [2.45, 2.75) is 102 Å². The smallest absolute Gasteiger partial charge is 0.420 e. The molecule has 0 aliphatic carbocycles. The van der Waals surface area contributed by atoms with Crippen molar-refractivity contribution in [3.63, 3.8) is 0 Å². The summed E-state index contributed by atoms with van der Waals surface area (Å²) >= 11 is 6.03. The summed E-state index contributed by atoms with van der Waals surface area (Å²) in [7, 11) is 0. The van der Waals surface area contributed by atoms with Crippen LogP contribution in [0.5, 0.6) is 5.75 Å². The van der Waals surface area contributed by atoms with Gasteiger partial charge in [-0.1, -0.05) is 56.0 Å². The lowest BCUT2D eigenvalue weighted by atomic mass is 9.78.